The SMILES string of the molecule is Fc1ccc(NCc2ccc(Br)c(F)c2)c(Br)c1. The van der Waals surface area contributed by atoms with Crippen LogP contribution in [0.25, 0.3) is 0 Å². The van der Waals surface area contributed by atoms with Gasteiger partial charge in [0, 0.05) is 16.7 Å². The van der Waals surface area contributed by atoms with Crippen LogP contribution in [-0.2, 0) is 6.54 Å². The van der Waals surface area contributed by atoms with Crippen LogP contribution in [-0.4, -0.2) is 0 Å². The van der Waals surface area contributed by atoms with Gasteiger partial charge in [0.2, 0.25) is 0 Å². The maximum absolute atomic E-state index is 13.3. The lowest BCUT2D eigenvalue weighted by Gasteiger charge is -2.09. The third kappa shape index (κ3) is 3.29. The van der Waals surface area contributed by atoms with Crippen LogP contribution in [0, 0.1) is 11.6 Å². The molecule has 0 fully saturated rings. The second kappa shape index (κ2) is 5.80. The van der Waals surface area contributed by atoms with Crippen molar-refractivity contribution in [3.8, 4) is 0 Å². The van der Waals surface area contributed by atoms with Gasteiger partial charge < -0.3 is 5.32 Å². The minimum Gasteiger partial charge on any atom is -0.380 e. The molecular formula is C13H9Br2F2N. The average Bonchev–Trinajstić information content (AvgIpc) is 2.32. The summed E-state index contributed by atoms with van der Waals surface area (Å²) in [5, 5.41) is 3.11. The zero-order valence-electron chi connectivity index (χ0n) is 9.18. The van der Waals surface area contributed by atoms with Crippen LogP contribution in [0.15, 0.2) is 45.3 Å². The first-order chi connectivity index (χ1) is 8.56. The molecule has 1 N–H and O–H groups in total. The van der Waals surface area contributed by atoms with Gasteiger partial charge in [0.05, 0.1) is 4.47 Å². The number of halogens is 4. The number of hydrogen-bond donors (Lipinski definition) is 1. The first-order valence-corrected chi connectivity index (χ1v) is 6.78. The Morgan fingerprint density at radius 2 is 1.72 bits per heavy atom. The lowest BCUT2D eigenvalue weighted by atomic mass is 10.2. The smallest absolute Gasteiger partial charge is 0.137 e. The predicted molar refractivity (Wildman–Crippen MR) is 75.5 cm³/mol. The fraction of sp³-hybridized carbons (Fsp3) is 0.0769. The topological polar surface area (TPSA) is 12.0 Å². The molecule has 0 aromatic heterocycles. The number of nitrogens with one attached hydrogen (secondary N) is 1. The Balaban J connectivity index is 2.09. The minimum absolute atomic E-state index is 0.299. The van der Waals surface area contributed by atoms with E-state index < -0.39 is 0 Å². The third-order valence-electron chi connectivity index (χ3n) is 2.40. The van der Waals surface area contributed by atoms with Crippen LogP contribution >= 0.6 is 31.9 Å². The van der Waals surface area contributed by atoms with Crippen molar-refractivity contribution in [1.29, 1.82) is 0 Å². The Labute approximate surface area is 120 Å². The van der Waals surface area contributed by atoms with E-state index in [0.717, 1.165) is 11.3 Å². The van der Waals surface area contributed by atoms with Crippen LogP contribution in [0.2, 0.25) is 0 Å². The summed E-state index contributed by atoms with van der Waals surface area (Å²) in [4.78, 5) is 0. The molecule has 94 valence electrons. The fourth-order valence-corrected chi connectivity index (χ4v) is 2.22. The van der Waals surface area contributed by atoms with Crippen molar-refractivity contribution in [3.63, 3.8) is 0 Å². The first-order valence-electron chi connectivity index (χ1n) is 5.19. The summed E-state index contributed by atoms with van der Waals surface area (Å²) >= 11 is 6.36. The van der Waals surface area contributed by atoms with Gasteiger partial charge in [0.25, 0.3) is 0 Å². The van der Waals surface area contributed by atoms with E-state index in [1.54, 1.807) is 12.1 Å². The second-order valence-electron chi connectivity index (χ2n) is 3.73. The molecule has 18 heavy (non-hydrogen) atoms. The molecule has 0 bridgehead atoms. The molecule has 2 rings (SSSR count). The van der Waals surface area contributed by atoms with Gasteiger partial charge in [-0.1, -0.05) is 6.07 Å². The van der Waals surface area contributed by atoms with Gasteiger partial charge in [0.15, 0.2) is 0 Å². The van der Waals surface area contributed by atoms with E-state index in [-0.39, 0.29) is 11.6 Å². The standard InChI is InChI=1S/C13H9Br2F2N/c14-10-3-1-8(5-12(10)17)7-18-13-4-2-9(16)6-11(13)15/h1-6,18H,7H2. The van der Waals surface area contributed by atoms with Crippen molar-refractivity contribution in [3.05, 3.63) is 62.5 Å². The van der Waals surface area contributed by atoms with Crippen molar-refractivity contribution < 1.29 is 8.78 Å². The van der Waals surface area contributed by atoms with E-state index in [2.05, 4.69) is 37.2 Å². The molecule has 2 aromatic carbocycles. The lowest BCUT2D eigenvalue weighted by molar-refractivity contribution is 0.619. The molecule has 0 aliphatic rings. The molecule has 0 aliphatic carbocycles. The summed E-state index contributed by atoms with van der Waals surface area (Å²) in [5.74, 6) is -0.602. The molecule has 0 saturated heterocycles. The van der Waals surface area contributed by atoms with Crippen molar-refractivity contribution in [2.24, 2.45) is 0 Å². The van der Waals surface area contributed by atoms with E-state index in [9.17, 15) is 8.78 Å². The maximum Gasteiger partial charge on any atom is 0.137 e. The normalized spacial score (nSPS) is 10.4. The number of benzene rings is 2. The zero-order chi connectivity index (χ0) is 13.1. The van der Waals surface area contributed by atoms with Gasteiger partial charge in [-0.3, -0.25) is 0 Å². The van der Waals surface area contributed by atoms with Gasteiger partial charge in [-0.25, -0.2) is 8.78 Å². The van der Waals surface area contributed by atoms with Gasteiger partial charge in [0.1, 0.15) is 11.6 Å². The Bertz CT molecular complexity index is 573. The number of rotatable bonds is 3. The highest BCUT2D eigenvalue weighted by Crippen LogP contribution is 2.24. The first kappa shape index (κ1) is 13.5. The third-order valence-corrected chi connectivity index (χ3v) is 3.70. The van der Waals surface area contributed by atoms with Crippen LogP contribution in [0.4, 0.5) is 14.5 Å². The molecule has 0 saturated carbocycles. The predicted octanol–water partition coefficient (Wildman–Crippen LogP) is 5.10. The van der Waals surface area contributed by atoms with E-state index in [1.165, 1.54) is 18.2 Å². The Hall–Kier alpha value is -0.940. The summed E-state index contributed by atoms with van der Waals surface area (Å²) < 4.78 is 27.3. The van der Waals surface area contributed by atoms with E-state index >= 15 is 0 Å². The van der Waals surface area contributed by atoms with Gasteiger partial charge in [-0.05, 0) is 67.8 Å². The Kier molecular flexibility index (Phi) is 4.35. The molecule has 0 amide bonds. The van der Waals surface area contributed by atoms with Crippen molar-refractivity contribution in [1.82, 2.24) is 0 Å². The highest BCUT2D eigenvalue weighted by Gasteiger charge is 2.03. The van der Waals surface area contributed by atoms with Crippen LogP contribution in [0.1, 0.15) is 5.56 Å². The molecule has 0 aliphatic heterocycles. The highest BCUT2D eigenvalue weighted by molar-refractivity contribution is 9.10. The van der Waals surface area contributed by atoms with Crippen molar-refractivity contribution >= 4 is 37.5 Å². The average molecular weight is 377 g/mol. The largest absolute Gasteiger partial charge is 0.380 e. The molecular weight excluding hydrogens is 368 g/mol. The molecule has 0 atom stereocenters. The lowest BCUT2D eigenvalue weighted by Crippen LogP contribution is -2.00. The Morgan fingerprint density at radius 1 is 0.944 bits per heavy atom. The molecule has 1 nitrogen and oxygen atoms in total. The number of anilines is 1. The maximum atomic E-state index is 13.3. The van der Waals surface area contributed by atoms with E-state index in [4.69, 9.17) is 0 Å². The van der Waals surface area contributed by atoms with Gasteiger partial charge in [-0.15, -0.1) is 0 Å². The summed E-state index contributed by atoms with van der Waals surface area (Å²) in [6.45, 7) is 0.467. The monoisotopic (exact) mass is 375 g/mol. The number of hydrogen-bond acceptors (Lipinski definition) is 1. The Morgan fingerprint density at radius 3 is 2.39 bits per heavy atom. The summed E-state index contributed by atoms with van der Waals surface area (Å²) in [5.41, 5.74) is 1.58. The summed E-state index contributed by atoms with van der Waals surface area (Å²) in [6.07, 6.45) is 0. The van der Waals surface area contributed by atoms with Crippen LogP contribution in [0.3, 0.4) is 0 Å². The highest BCUT2D eigenvalue weighted by atomic mass is 79.9. The molecule has 0 unspecified atom stereocenters. The summed E-state index contributed by atoms with van der Waals surface area (Å²) in [6, 6.07) is 9.31. The molecule has 2 aromatic rings. The zero-order valence-corrected chi connectivity index (χ0v) is 12.4. The van der Waals surface area contributed by atoms with E-state index in [0.29, 0.717) is 15.5 Å². The van der Waals surface area contributed by atoms with Gasteiger partial charge >= 0.3 is 0 Å². The van der Waals surface area contributed by atoms with Gasteiger partial charge in [-0.2, -0.15) is 0 Å². The van der Waals surface area contributed by atoms with Crippen molar-refractivity contribution in [2.45, 2.75) is 6.54 Å². The second-order valence-corrected chi connectivity index (χ2v) is 5.43. The van der Waals surface area contributed by atoms with E-state index in [1.807, 2.05) is 6.07 Å². The quantitative estimate of drug-likeness (QED) is 0.785. The van der Waals surface area contributed by atoms with Crippen LogP contribution in [0.5, 0.6) is 0 Å². The van der Waals surface area contributed by atoms with Crippen LogP contribution < -0.4 is 5.32 Å². The summed E-state index contributed by atoms with van der Waals surface area (Å²) in [7, 11) is 0. The fourth-order valence-electron chi connectivity index (χ4n) is 1.48. The molecule has 0 radical (unpaired) electrons. The minimum atomic E-state index is -0.304. The van der Waals surface area contributed by atoms with Crippen molar-refractivity contribution in [2.75, 3.05) is 5.32 Å². The molecule has 5 heteroatoms. The molecule has 0 heterocycles. The molecule has 0 spiro atoms.